The van der Waals surface area contributed by atoms with Gasteiger partial charge in [-0.15, -0.1) is 0 Å². The van der Waals surface area contributed by atoms with Gasteiger partial charge < -0.3 is 4.74 Å². The Labute approximate surface area is 117 Å². The highest BCUT2D eigenvalue weighted by atomic mass is 32.2. The van der Waals surface area contributed by atoms with E-state index in [0.717, 1.165) is 17.5 Å². The van der Waals surface area contributed by atoms with Crippen molar-refractivity contribution in [3.05, 3.63) is 24.3 Å². The molecule has 0 fully saturated rings. The number of likely N-dealkylation sites (N-methyl/N-ethyl adjacent to an activating group) is 1. The molecule has 1 aromatic rings. The fourth-order valence-electron chi connectivity index (χ4n) is 1.32. The van der Waals surface area contributed by atoms with Crippen molar-refractivity contribution in [2.45, 2.75) is 9.79 Å². The Balaban J connectivity index is 3.20. The number of methoxy groups -OCH3 is 1. The Hall–Kier alpha value is -1.49. The molecule has 0 radical (unpaired) electrons. The standard InChI is InChI=1S/C10H14N2O6S2/c1-12(7-10(13)18-2)20(16,17)9-5-3-4-8(6-9)19(11,14)15/h3-6H,7H2,1-2H3,(H2,11,14,15). The number of rotatable bonds is 5. The molecule has 0 spiro atoms. The highest BCUT2D eigenvalue weighted by molar-refractivity contribution is 7.90. The molecule has 0 aliphatic carbocycles. The summed E-state index contributed by atoms with van der Waals surface area (Å²) >= 11 is 0. The first kappa shape index (κ1) is 16.6. The lowest BCUT2D eigenvalue weighted by Gasteiger charge is -2.16. The van der Waals surface area contributed by atoms with Crippen molar-refractivity contribution in [2.24, 2.45) is 5.14 Å². The van der Waals surface area contributed by atoms with Crippen LogP contribution in [0.15, 0.2) is 34.1 Å². The summed E-state index contributed by atoms with van der Waals surface area (Å²) in [6.45, 7) is -0.488. The monoisotopic (exact) mass is 322 g/mol. The molecular formula is C10H14N2O6S2. The zero-order chi connectivity index (χ0) is 15.6. The molecule has 0 amide bonds. The number of nitrogens with zero attached hydrogens (tertiary/aromatic N) is 1. The van der Waals surface area contributed by atoms with Crippen LogP contribution in [-0.2, 0) is 29.6 Å². The van der Waals surface area contributed by atoms with Crippen molar-refractivity contribution in [1.29, 1.82) is 0 Å². The number of hydrogen-bond donors (Lipinski definition) is 1. The number of nitrogens with two attached hydrogens (primary N) is 1. The van der Waals surface area contributed by atoms with Gasteiger partial charge in [0.15, 0.2) is 0 Å². The van der Waals surface area contributed by atoms with Crippen LogP contribution >= 0.6 is 0 Å². The van der Waals surface area contributed by atoms with Crippen LogP contribution in [0.25, 0.3) is 0 Å². The fraction of sp³-hybridized carbons (Fsp3) is 0.300. The summed E-state index contributed by atoms with van der Waals surface area (Å²) < 4.78 is 51.8. The van der Waals surface area contributed by atoms with Crippen LogP contribution in [0.5, 0.6) is 0 Å². The Kier molecular flexibility index (Phi) is 4.86. The van der Waals surface area contributed by atoms with Crippen LogP contribution in [0.3, 0.4) is 0 Å². The van der Waals surface area contributed by atoms with Crippen LogP contribution in [0.1, 0.15) is 0 Å². The molecule has 0 saturated heterocycles. The normalized spacial score (nSPS) is 12.4. The predicted octanol–water partition coefficient (Wildman–Crippen LogP) is -0.872. The van der Waals surface area contributed by atoms with Gasteiger partial charge in [-0.05, 0) is 18.2 Å². The second-order valence-electron chi connectivity index (χ2n) is 3.86. The smallest absolute Gasteiger partial charge is 0.321 e. The summed E-state index contributed by atoms with van der Waals surface area (Å²) in [5.41, 5.74) is 0. The first-order valence-corrected chi connectivity index (χ1v) is 8.23. The molecule has 1 rings (SSSR count). The van der Waals surface area contributed by atoms with E-state index in [1.807, 2.05) is 0 Å². The average Bonchev–Trinajstić information content (AvgIpc) is 2.37. The van der Waals surface area contributed by atoms with Gasteiger partial charge in [-0.25, -0.2) is 22.0 Å². The van der Waals surface area contributed by atoms with E-state index in [4.69, 9.17) is 5.14 Å². The summed E-state index contributed by atoms with van der Waals surface area (Å²) in [7, 11) is -5.72. The van der Waals surface area contributed by atoms with Crippen LogP contribution < -0.4 is 5.14 Å². The molecule has 1 aromatic carbocycles. The third kappa shape index (κ3) is 3.76. The topological polar surface area (TPSA) is 124 Å². The second-order valence-corrected chi connectivity index (χ2v) is 7.46. The predicted molar refractivity (Wildman–Crippen MR) is 69.6 cm³/mol. The second kappa shape index (κ2) is 5.87. The van der Waals surface area contributed by atoms with Crippen molar-refractivity contribution < 1.29 is 26.4 Å². The Morgan fingerprint density at radius 1 is 1.25 bits per heavy atom. The van der Waals surface area contributed by atoms with Gasteiger partial charge in [0.25, 0.3) is 0 Å². The van der Waals surface area contributed by atoms with E-state index in [-0.39, 0.29) is 9.79 Å². The van der Waals surface area contributed by atoms with E-state index in [2.05, 4.69) is 4.74 Å². The molecule has 0 saturated carbocycles. The van der Waals surface area contributed by atoms with E-state index in [1.54, 1.807) is 0 Å². The van der Waals surface area contributed by atoms with Gasteiger partial charge in [0.05, 0.1) is 16.9 Å². The molecule has 0 aliphatic heterocycles. The van der Waals surface area contributed by atoms with Crippen LogP contribution in [0.2, 0.25) is 0 Å². The molecular weight excluding hydrogens is 308 g/mol. The van der Waals surface area contributed by atoms with Crippen LogP contribution in [0.4, 0.5) is 0 Å². The first-order valence-electron chi connectivity index (χ1n) is 5.25. The van der Waals surface area contributed by atoms with Crippen molar-refractivity contribution in [3.63, 3.8) is 0 Å². The van der Waals surface area contributed by atoms with Gasteiger partial charge in [0, 0.05) is 7.05 Å². The highest BCUT2D eigenvalue weighted by Gasteiger charge is 2.24. The van der Waals surface area contributed by atoms with Crippen molar-refractivity contribution in [2.75, 3.05) is 20.7 Å². The molecule has 0 unspecified atom stereocenters. The summed E-state index contributed by atoms with van der Waals surface area (Å²) in [6, 6.07) is 4.56. The molecule has 0 heterocycles. The van der Waals surface area contributed by atoms with Gasteiger partial charge in [0.2, 0.25) is 20.0 Å². The number of hydrogen-bond acceptors (Lipinski definition) is 6. The van der Waals surface area contributed by atoms with Crippen molar-refractivity contribution >= 4 is 26.0 Å². The number of benzene rings is 1. The average molecular weight is 322 g/mol. The molecule has 0 aromatic heterocycles. The van der Waals surface area contributed by atoms with Crippen LogP contribution in [-0.4, -0.2) is 47.8 Å². The summed E-state index contributed by atoms with van der Waals surface area (Å²) in [5, 5.41) is 4.94. The minimum Gasteiger partial charge on any atom is -0.468 e. The minimum absolute atomic E-state index is 0.282. The molecule has 20 heavy (non-hydrogen) atoms. The first-order chi connectivity index (χ1) is 9.09. The van der Waals surface area contributed by atoms with E-state index in [0.29, 0.717) is 0 Å². The number of primary sulfonamides is 1. The van der Waals surface area contributed by atoms with Gasteiger partial charge in [0.1, 0.15) is 6.54 Å². The van der Waals surface area contributed by atoms with Gasteiger partial charge in [-0.3, -0.25) is 4.79 Å². The lowest BCUT2D eigenvalue weighted by atomic mass is 10.4. The van der Waals surface area contributed by atoms with E-state index >= 15 is 0 Å². The Morgan fingerprint density at radius 3 is 2.30 bits per heavy atom. The maximum Gasteiger partial charge on any atom is 0.321 e. The molecule has 2 N–H and O–H groups in total. The zero-order valence-corrected chi connectivity index (χ0v) is 12.4. The van der Waals surface area contributed by atoms with Gasteiger partial charge in [-0.2, -0.15) is 4.31 Å². The number of carbonyl (C=O) groups is 1. The number of sulfonamides is 2. The minimum atomic E-state index is -4.01. The molecule has 0 bridgehead atoms. The summed E-state index contributed by atoms with van der Waals surface area (Å²) in [4.78, 5) is 10.5. The Morgan fingerprint density at radius 2 is 1.80 bits per heavy atom. The third-order valence-electron chi connectivity index (χ3n) is 2.42. The highest BCUT2D eigenvalue weighted by Crippen LogP contribution is 2.17. The molecule has 8 nitrogen and oxygen atoms in total. The summed E-state index contributed by atoms with van der Waals surface area (Å²) in [6.07, 6.45) is 0. The third-order valence-corrected chi connectivity index (χ3v) is 5.13. The van der Waals surface area contributed by atoms with E-state index in [1.165, 1.54) is 25.2 Å². The maximum absolute atomic E-state index is 12.1. The lowest BCUT2D eigenvalue weighted by molar-refractivity contribution is -0.140. The van der Waals surface area contributed by atoms with Gasteiger partial charge in [-0.1, -0.05) is 6.07 Å². The van der Waals surface area contributed by atoms with Crippen molar-refractivity contribution in [3.8, 4) is 0 Å². The van der Waals surface area contributed by atoms with Crippen LogP contribution in [0, 0.1) is 0 Å². The van der Waals surface area contributed by atoms with Gasteiger partial charge >= 0.3 is 5.97 Å². The molecule has 0 aliphatic rings. The van der Waals surface area contributed by atoms with E-state index < -0.39 is 32.6 Å². The largest absolute Gasteiger partial charge is 0.468 e. The molecule has 0 atom stereocenters. The SMILES string of the molecule is COC(=O)CN(C)S(=O)(=O)c1cccc(S(N)(=O)=O)c1. The summed E-state index contributed by atoms with van der Waals surface area (Å²) in [5.74, 6) is -0.737. The maximum atomic E-state index is 12.1. The lowest BCUT2D eigenvalue weighted by Crippen LogP contribution is -2.32. The number of esters is 1. The number of carbonyl (C=O) groups excluding carboxylic acids is 1. The quantitative estimate of drug-likeness (QED) is 0.703. The van der Waals surface area contributed by atoms with E-state index in [9.17, 15) is 21.6 Å². The molecule has 10 heteroatoms. The number of ether oxygens (including phenoxy) is 1. The molecule has 112 valence electrons. The Bertz CT molecular complexity index is 711. The fourth-order valence-corrected chi connectivity index (χ4v) is 3.12. The zero-order valence-electron chi connectivity index (χ0n) is 10.8. The van der Waals surface area contributed by atoms with Crippen molar-refractivity contribution in [1.82, 2.24) is 4.31 Å².